The van der Waals surface area contributed by atoms with Crippen molar-refractivity contribution in [3.8, 4) is 11.3 Å². The van der Waals surface area contributed by atoms with Crippen LogP contribution in [0.3, 0.4) is 0 Å². The van der Waals surface area contributed by atoms with Crippen LogP contribution in [0.5, 0.6) is 0 Å². The summed E-state index contributed by atoms with van der Waals surface area (Å²) in [5, 5.41) is 17.9. The van der Waals surface area contributed by atoms with Crippen LogP contribution < -0.4 is 0 Å². The summed E-state index contributed by atoms with van der Waals surface area (Å²) in [4.78, 5) is 11.0. The van der Waals surface area contributed by atoms with Gasteiger partial charge in [0.25, 0.3) is 0 Å². The number of carboxylic acid groups (broad SMARTS) is 1. The molecule has 100 valence electrons. The average Bonchev–Trinajstić information content (AvgIpc) is 2.80. The van der Waals surface area contributed by atoms with Crippen LogP contribution in [0.25, 0.3) is 22.0 Å². The predicted octanol–water partition coefficient (Wildman–Crippen LogP) is 4.00. The smallest absolute Gasteiger partial charge is 0.355 e. The molecule has 0 atom stereocenters. The number of aromatic carboxylic acids is 1. The van der Waals surface area contributed by atoms with E-state index >= 15 is 0 Å². The summed E-state index contributed by atoms with van der Waals surface area (Å²) in [6.07, 6.45) is 0. The fourth-order valence-electron chi connectivity index (χ4n) is 2.17. The third kappa shape index (κ3) is 2.10. The molecule has 0 amide bonds. The molecule has 0 fully saturated rings. The SMILES string of the molecule is Cc1ccc2cc(-c3n[nH]c(C(=O)O)c3Br)ccc2c1. The minimum atomic E-state index is -1.04. The van der Waals surface area contributed by atoms with E-state index in [9.17, 15) is 4.79 Å². The molecule has 3 aromatic rings. The zero-order valence-corrected chi connectivity index (χ0v) is 12.2. The monoisotopic (exact) mass is 330 g/mol. The molecule has 20 heavy (non-hydrogen) atoms. The Labute approximate surface area is 123 Å². The lowest BCUT2D eigenvalue weighted by molar-refractivity contribution is 0.0689. The third-order valence-electron chi connectivity index (χ3n) is 3.19. The van der Waals surface area contributed by atoms with E-state index < -0.39 is 5.97 Å². The van der Waals surface area contributed by atoms with E-state index in [0.29, 0.717) is 10.2 Å². The summed E-state index contributed by atoms with van der Waals surface area (Å²) >= 11 is 3.29. The standard InChI is InChI=1S/C15H11BrN2O2/c1-8-2-3-10-7-11(5-4-9(10)6-8)13-12(16)14(15(19)20)18-17-13/h2-7H,1H3,(H,17,18)(H,19,20). The first-order valence-corrected chi connectivity index (χ1v) is 6.83. The Kier molecular flexibility index (Phi) is 3.06. The summed E-state index contributed by atoms with van der Waals surface area (Å²) < 4.78 is 0.469. The van der Waals surface area contributed by atoms with E-state index in [-0.39, 0.29) is 5.69 Å². The van der Waals surface area contributed by atoms with Gasteiger partial charge in [-0.3, -0.25) is 5.10 Å². The van der Waals surface area contributed by atoms with Crippen LogP contribution >= 0.6 is 15.9 Å². The first-order chi connectivity index (χ1) is 9.56. The molecule has 0 saturated heterocycles. The maximum absolute atomic E-state index is 11.0. The van der Waals surface area contributed by atoms with Crippen molar-refractivity contribution in [2.24, 2.45) is 0 Å². The van der Waals surface area contributed by atoms with Gasteiger partial charge in [0.1, 0.15) is 5.69 Å². The van der Waals surface area contributed by atoms with Gasteiger partial charge in [0.15, 0.2) is 5.69 Å². The molecule has 0 spiro atoms. The first-order valence-electron chi connectivity index (χ1n) is 6.04. The lowest BCUT2D eigenvalue weighted by Gasteiger charge is -2.03. The normalized spacial score (nSPS) is 10.9. The number of benzene rings is 2. The highest BCUT2D eigenvalue weighted by Crippen LogP contribution is 2.31. The van der Waals surface area contributed by atoms with Crippen molar-refractivity contribution in [2.45, 2.75) is 6.92 Å². The van der Waals surface area contributed by atoms with Crippen molar-refractivity contribution in [2.75, 3.05) is 0 Å². The van der Waals surface area contributed by atoms with Gasteiger partial charge in [-0.1, -0.05) is 35.9 Å². The van der Waals surface area contributed by atoms with E-state index in [4.69, 9.17) is 5.11 Å². The number of aryl methyl sites for hydroxylation is 1. The van der Waals surface area contributed by atoms with Gasteiger partial charge in [-0.2, -0.15) is 5.10 Å². The molecule has 0 radical (unpaired) electrons. The Morgan fingerprint density at radius 1 is 1.20 bits per heavy atom. The van der Waals surface area contributed by atoms with Gasteiger partial charge in [-0.25, -0.2) is 4.79 Å². The Hall–Kier alpha value is -2.14. The summed E-state index contributed by atoms with van der Waals surface area (Å²) in [7, 11) is 0. The molecule has 1 aromatic heterocycles. The Morgan fingerprint density at radius 2 is 1.90 bits per heavy atom. The average molecular weight is 331 g/mol. The van der Waals surface area contributed by atoms with Crippen molar-refractivity contribution in [1.29, 1.82) is 0 Å². The van der Waals surface area contributed by atoms with Crippen molar-refractivity contribution in [3.05, 3.63) is 52.1 Å². The van der Waals surface area contributed by atoms with E-state index in [1.165, 1.54) is 5.56 Å². The molecule has 0 aliphatic rings. The number of nitrogens with one attached hydrogen (secondary N) is 1. The molecule has 0 bridgehead atoms. The Bertz CT molecular complexity index is 824. The minimum Gasteiger partial charge on any atom is -0.476 e. The second-order valence-electron chi connectivity index (χ2n) is 4.63. The number of carbonyl (C=O) groups is 1. The van der Waals surface area contributed by atoms with Crippen LogP contribution in [0, 0.1) is 6.92 Å². The van der Waals surface area contributed by atoms with Gasteiger partial charge < -0.3 is 5.11 Å². The van der Waals surface area contributed by atoms with Crippen LogP contribution in [0.4, 0.5) is 0 Å². The highest BCUT2D eigenvalue weighted by atomic mass is 79.9. The van der Waals surface area contributed by atoms with Crippen molar-refractivity contribution >= 4 is 32.7 Å². The second-order valence-corrected chi connectivity index (χ2v) is 5.42. The summed E-state index contributed by atoms with van der Waals surface area (Å²) in [6.45, 7) is 2.05. The van der Waals surface area contributed by atoms with E-state index in [0.717, 1.165) is 16.3 Å². The number of H-pyrrole nitrogens is 1. The zero-order chi connectivity index (χ0) is 14.3. The number of hydrogen-bond donors (Lipinski definition) is 2. The lowest BCUT2D eigenvalue weighted by Crippen LogP contribution is -1.96. The number of aromatic nitrogens is 2. The van der Waals surface area contributed by atoms with Gasteiger partial charge in [0, 0.05) is 5.56 Å². The Morgan fingerprint density at radius 3 is 2.60 bits per heavy atom. The molecular formula is C15H11BrN2O2. The van der Waals surface area contributed by atoms with Gasteiger partial charge >= 0.3 is 5.97 Å². The maximum Gasteiger partial charge on any atom is 0.355 e. The van der Waals surface area contributed by atoms with E-state index in [2.05, 4.69) is 39.1 Å². The molecular weight excluding hydrogens is 320 g/mol. The topological polar surface area (TPSA) is 66.0 Å². The molecule has 2 N–H and O–H groups in total. The number of fused-ring (bicyclic) bond motifs is 1. The second kappa shape index (κ2) is 4.76. The molecule has 0 unspecified atom stereocenters. The highest BCUT2D eigenvalue weighted by molar-refractivity contribution is 9.10. The van der Waals surface area contributed by atoms with Crippen molar-refractivity contribution in [3.63, 3.8) is 0 Å². The summed E-state index contributed by atoms with van der Waals surface area (Å²) in [6, 6.07) is 12.2. The number of aromatic amines is 1. The molecule has 4 nitrogen and oxygen atoms in total. The van der Waals surface area contributed by atoms with Crippen LogP contribution in [0.2, 0.25) is 0 Å². The number of rotatable bonds is 2. The maximum atomic E-state index is 11.0. The number of halogens is 1. The van der Waals surface area contributed by atoms with Crippen molar-refractivity contribution < 1.29 is 9.90 Å². The summed E-state index contributed by atoms with van der Waals surface area (Å²) in [5.74, 6) is -1.04. The van der Waals surface area contributed by atoms with Gasteiger partial charge in [0.05, 0.1) is 4.47 Å². The fourth-order valence-corrected chi connectivity index (χ4v) is 2.75. The van der Waals surface area contributed by atoms with Gasteiger partial charge in [-0.05, 0) is 39.7 Å². The predicted molar refractivity (Wildman–Crippen MR) is 80.9 cm³/mol. The van der Waals surface area contributed by atoms with Crippen LogP contribution in [0.1, 0.15) is 16.1 Å². The zero-order valence-electron chi connectivity index (χ0n) is 10.6. The third-order valence-corrected chi connectivity index (χ3v) is 3.96. The number of nitrogens with zero attached hydrogens (tertiary/aromatic N) is 1. The number of hydrogen-bond acceptors (Lipinski definition) is 2. The molecule has 0 aliphatic carbocycles. The van der Waals surface area contributed by atoms with E-state index in [1.54, 1.807) is 0 Å². The highest BCUT2D eigenvalue weighted by Gasteiger charge is 2.17. The largest absolute Gasteiger partial charge is 0.476 e. The fraction of sp³-hybridized carbons (Fsp3) is 0.0667. The quantitative estimate of drug-likeness (QED) is 0.746. The van der Waals surface area contributed by atoms with E-state index in [1.807, 2.05) is 30.3 Å². The van der Waals surface area contributed by atoms with Crippen molar-refractivity contribution in [1.82, 2.24) is 10.2 Å². The number of carboxylic acids is 1. The molecule has 3 rings (SSSR count). The van der Waals surface area contributed by atoms with Crippen LogP contribution in [0.15, 0.2) is 40.9 Å². The molecule has 1 heterocycles. The first kappa shape index (κ1) is 12.9. The summed E-state index contributed by atoms with van der Waals surface area (Å²) in [5.41, 5.74) is 2.74. The van der Waals surface area contributed by atoms with Gasteiger partial charge in [0.2, 0.25) is 0 Å². The van der Waals surface area contributed by atoms with Gasteiger partial charge in [-0.15, -0.1) is 0 Å². The van der Waals surface area contributed by atoms with Crippen LogP contribution in [-0.4, -0.2) is 21.3 Å². The minimum absolute atomic E-state index is 0.0593. The molecule has 0 saturated carbocycles. The molecule has 0 aliphatic heterocycles. The lowest BCUT2D eigenvalue weighted by atomic mass is 10.0. The Balaban J connectivity index is 2.15. The van der Waals surface area contributed by atoms with Crippen LogP contribution in [-0.2, 0) is 0 Å². The molecule has 5 heteroatoms. The molecule has 2 aromatic carbocycles.